The van der Waals surface area contributed by atoms with Gasteiger partial charge in [0.2, 0.25) is 11.8 Å². The average molecular weight is 368 g/mol. The van der Waals surface area contributed by atoms with Gasteiger partial charge in [0.1, 0.15) is 23.7 Å². The second-order valence-corrected chi connectivity index (χ2v) is 7.33. The van der Waals surface area contributed by atoms with Gasteiger partial charge < -0.3 is 4.90 Å². The molecule has 5 nitrogen and oxygen atoms in total. The molecular formula is C17H18F2N2O3S. The highest BCUT2D eigenvalue weighted by Crippen LogP contribution is 2.36. The molecule has 25 heavy (non-hydrogen) atoms. The number of hydrogen-bond acceptors (Lipinski definition) is 4. The summed E-state index contributed by atoms with van der Waals surface area (Å²) in [5, 5.41) is 2.33. The van der Waals surface area contributed by atoms with Crippen LogP contribution in [-0.2, 0) is 14.4 Å². The molecule has 2 aliphatic rings. The van der Waals surface area contributed by atoms with Crippen molar-refractivity contribution in [2.24, 2.45) is 0 Å². The maximum Gasteiger partial charge on any atom is 0.252 e. The third-order valence-corrected chi connectivity index (χ3v) is 5.74. The smallest absolute Gasteiger partial charge is 0.252 e. The van der Waals surface area contributed by atoms with E-state index in [2.05, 4.69) is 5.32 Å². The summed E-state index contributed by atoms with van der Waals surface area (Å²) in [4.78, 5) is 38.2. The Morgan fingerprint density at radius 1 is 1.20 bits per heavy atom. The Balaban J connectivity index is 1.77. The largest absolute Gasteiger partial charge is 0.318 e. The van der Waals surface area contributed by atoms with E-state index in [-0.39, 0.29) is 17.2 Å². The summed E-state index contributed by atoms with van der Waals surface area (Å²) in [6.45, 7) is -0.184. The molecule has 1 heterocycles. The van der Waals surface area contributed by atoms with Crippen LogP contribution in [0, 0.1) is 11.6 Å². The molecule has 1 saturated heterocycles. The molecule has 1 aromatic carbocycles. The van der Waals surface area contributed by atoms with Gasteiger partial charge in [0.05, 0.1) is 5.75 Å². The normalized spacial score (nSPS) is 19.8. The third-order valence-electron chi connectivity index (χ3n) is 4.72. The van der Waals surface area contributed by atoms with Crippen molar-refractivity contribution >= 4 is 29.5 Å². The standard InChI is InChI=1S/C17H18F2N2O3S/c18-11-4-5-12(19)13(8-11)25-10-15(23)21-9-14(22)20-16(24)17(21)6-2-1-3-7-17/h4-5,8H,1-3,6-7,9-10H2,(H,20,22,24). The second kappa shape index (κ2) is 7.11. The highest BCUT2D eigenvalue weighted by molar-refractivity contribution is 8.00. The summed E-state index contributed by atoms with van der Waals surface area (Å²) in [5.41, 5.74) is -0.996. The number of thioether (sulfide) groups is 1. The first-order valence-corrected chi connectivity index (χ1v) is 9.13. The molecule has 134 valence electrons. The molecule has 1 aliphatic carbocycles. The number of nitrogens with one attached hydrogen (secondary N) is 1. The van der Waals surface area contributed by atoms with Gasteiger partial charge in [-0.15, -0.1) is 11.8 Å². The zero-order valence-corrected chi connectivity index (χ0v) is 14.3. The number of carbonyl (C=O) groups is 3. The molecule has 0 unspecified atom stereocenters. The molecule has 1 aliphatic heterocycles. The molecule has 0 atom stereocenters. The van der Waals surface area contributed by atoms with Crippen LogP contribution in [0.3, 0.4) is 0 Å². The van der Waals surface area contributed by atoms with Crippen molar-refractivity contribution in [1.29, 1.82) is 0 Å². The first-order chi connectivity index (χ1) is 11.9. The van der Waals surface area contributed by atoms with Crippen LogP contribution in [-0.4, -0.2) is 40.5 Å². The van der Waals surface area contributed by atoms with E-state index in [1.165, 1.54) is 4.90 Å². The van der Waals surface area contributed by atoms with Crippen molar-refractivity contribution in [2.45, 2.75) is 42.5 Å². The Kier molecular flexibility index (Phi) is 5.08. The summed E-state index contributed by atoms with van der Waals surface area (Å²) in [6, 6.07) is 3.03. The minimum absolute atomic E-state index is 0.0267. The molecule has 8 heteroatoms. The van der Waals surface area contributed by atoms with E-state index in [0.29, 0.717) is 12.8 Å². The van der Waals surface area contributed by atoms with Gasteiger partial charge in [-0.3, -0.25) is 19.7 Å². The van der Waals surface area contributed by atoms with Crippen molar-refractivity contribution in [2.75, 3.05) is 12.3 Å². The number of carbonyl (C=O) groups excluding carboxylic acids is 3. The monoisotopic (exact) mass is 368 g/mol. The first-order valence-electron chi connectivity index (χ1n) is 8.15. The molecule has 0 aromatic heterocycles. The summed E-state index contributed by atoms with van der Waals surface area (Å²) in [5.74, 6) is -2.73. The Bertz CT molecular complexity index is 720. The number of hydrogen-bond donors (Lipinski definition) is 1. The lowest BCUT2D eigenvalue weighted by atomic mass is 9.78. The number of nitrogens with zero attached hydrogens (tertiary/aromatic N) is 1. The van der Waals surface area contributed by atoms with Crippen molar-refractivity contribution in [3.63, 3.8) is 0 Å². The minimum Gasteiger partial charge on any atom is -0.318 e. The van der Waals surface area contributed by atoms with Gasteiger partial charge in [-0.2, -0.15) is 0 Å². The molecule has 1 N–H and O–H groups in total. The SMILES string of the molecule is O=C1CN(C(=O)CSc2cc(F)ccc2F)C2(CCCCC2)C(=O)N1. The zero-order valence-electron chi connectivity index (χ0n) is 13.5. The molecule has 1 saturated carbocycles. The fourth-order valence-corrected chi connectivity index (χ4v) is 4.30. The van der Waals surface area contributed by atoms with Gasteiger partial charge in [0.25, 0.3) is 5.91 Å². The maximum atomic E-state index is 13.7. The van der Waals surface area contributed by atoms with Crippen LogP contribution >= 0.6 is 11.8 Å². The van der Waals surface area contributed by atoms with Gasteiger partial charge in [0, 0.05) is 4.90 Å². The Morgan fingerprint density at radius 3 is 2.64 bits per heavy atom. The summed E-state index contributed by atoms with van der Waals surface area (Å²) < 4.78 is 26.9. The van der Waals surface area contributed by atoms with Gasteiger partial charge >= 0.3 is 0 Å². The third kappa shape index (κ3) is 3.53. The van der Waals surface area contributed by atoms with E-state index >= 15 is 0 Å². The summed E-state index contributed by atoms with van der Waals surface area (Å²) in [6.07, 6.45) is 3.61. The summed E-state index contributed by atoms with van der Waals surface area (Å²) >= 11 is 0.864. The number of benzene rings is 1. The van der Waals surface area contributed by atoms with Gasteiger partial charge in [0.15, 0.2) is 0 Å². The Morgan fingerprint density at radius 2 is 1.92 bits per heavy atom. The predicted octanol–water partition coefficient (Wildman–Crippen LogP) is 2.24. The predicted molar refractivity (Wildman–Crippen MR) is 87.8 cm³/mol. The molecule has 1 spiro atoms. The highest BCUT2D eigenvalue weighted by atomic mass is 32.2. The van der Waals surface area contributed by atoms with Crippen molar-refractivity contribution in [3.8, 4) is 0 Å². The maximum absolute atomic E-state index is 13.7. The number of imide groups is 1. The van der Waals surface area contributed by atoms with E-state index in [1.807, 2.05) is 0 Å². The van der Waals surface area contributed by atoms with Gasteiger partial charge in [-0.25, -0.2) is 8.78 Å². The summed E-state index contributed by atoms with van der Waals surface area (Å²) in [7, 11) is 0. The van der Waals surface area contributed by atoms with E-state index in [0.717, 1.165) is 49.2 Å². The number of halogens is 2. The molecule has 2 fully saturated rings. The molecule has 0 radical (unpaired) electrons. The van der Waals surface area contributed by atoms with Gasteiger partial charge in [-0.1, -0.05) is 19.3 Å². The fraction of sp³-hybridized carbons (Fsp3) is 0.471. The van der Waals surface area contributed by atoms with Crippen LogP contribution in [0.5, 0.6) is 0 Å². The number of rotatable bonds is 3. The number of piperazine rings is 1. The van der Waals surface area contributed by atoms with Crippen molar-refractivity contribution < 1.29 is 23.2 Å². The minimum atomic E-state index is -0.996. The molecule has 0 bridgehead atoms. The van der Waals surface area contributed by atoms with Crippen molar-refractivity contribution in [3.05, 3.63) is 29.8 Å². The van der Waals surface area contributed by atoms with Crippen molar-refractivity contribution in [1.82, 2.24) is 10.2 Å². The lowest BCUT2D eigenvalue weighted by molar-refractivity contribution is -0.158. The van der Waals surface area contributed by atoms with Crippen LogP contribution in [0.4, 0.5) is 8.78 Å². The lowest BCUT2D eigenvalue weighted by Crippen LogP contribution is -2.69. The Hall–Kier alpha value is -1.96. The molecule has 1 aromatic rings. The first kappa shape index (κ1) is 17.8. The van der Waals surface area contributed by atoms with E-state index in [9.17, 15) is 23.2 Å². The molecular weight excluding hydrogens is 350 g/mol. The highest BCUT2D eigenvalue weighted by Gasteiger charge is 2.50. The van der Waals surface area contributed by atoms with E-state index < -0.39 is 34.9 Å². The average Bonchev–Trinajstić information content (AvgIpc) is 2.59. The van der Waals surface area contributed by atoms with Crippen LogP contribution in [0.25, 0.3) is 0 Å². The van der Waals surface area contributed by atoms with Crippen LogP contribution in [0.15, 0.2) is 23.1 Å². The zero-order chi connectivity index (χ0) is 18.0. The lowest BCUT2D eigenvalue weighted by Gasteiger charge is -2.47. The fourth-order valence-electron chi connectivity index (χ4n) is 3.47. The quantitative estimate of drug-likeness (QED) is 0.656. The van der Waals surface area contributed by atoms with E-state index in [1.54, 1.807) is 0 Å². The molecule has 3 amide bonds. The van der Waals surface area contributed by atoms with Crippen LogP contribution in [0.2, 0.25) is 0 Å². The van der Waals surface area contributed by atoms with Gasteiger partial charge in [-0.05, 0) is 31.0 Å². The van der Waals surface area contributed by atoms with E-state index in [4.69, 9.17) is 0 Å². The van der Waals surface area contributed by atoms with Crippen LogP contribution in [0.1, 0.15) is 32.1 Å². The topological polar surface area (TPSA) is 66.5 Å². The number of amides is 3. The van der Waals surface area contributed by atoms with Crippen LogP contribution < -0.4 is 5.32 Å². The Labute approximate surface area is 148 Å². The second-order valence-electron chi connectivity index (χ2n) is 6.31. The molecule has 3 rings (SSSR count).